The van der Waals surface area contributed by atoms with Gasteiger partial charge < -0.3 is 4.74 Å². The van der Waals surface area contributed by atoms with Gasteiger partial charge >= 0.3 is 0 Å². The van der Waals surface area contributed by atoms with Crippen molar-refractivity contribution >= 4 is 19.7 Å². The Morgan fingerprint density at radius 3 is 2.10 bits per heavy atom. The molecule has 0 fully saturated rings. The van der Waals surface area contributed by atoms with Gasteiger partial charge in [0.05, 0.1) is 12.4 Å². The quantitative estimate of drug-likeness (QED) is 0.629. The Hall–Kier alpha value is -0.810. The first-order valence-corrected chi connectivity index (χ1v) is 9.59. The Morgan fingerprint density at radius 2 is 1.67 bits per heavy atom. The molecule has 0 spiro atoms. The molecule has 0 aliphatic rings. The van der Waals surface area contributed by atoms with Gasteiger partial charge in [-0.1, -0.05) is 26.7 Å². The van der Waals surface area contributed by atoms with Crippen LogP contribution in [-0.4, -0.2) is 20.8 Å². The molecule has 0 amide bonds. The first kappa shape index (κ1) is 18.2. The molecule has 0 bridgehead atoms. The molecule has 0 saturated carbocycles. The second-order valence-electron chi connectivity index (χ2n) is 5.43. The van der Waals surface area contributed by atoms with Gasteiger partial charge in [-0.3, -0.25) is 0 Å². The maximum atomic E-state index is 12.9. The summed E-state index contributed by atoms with van der Waals surface area (Å²) >= 11 is 0. The fourth-order valence-electron chi connectivity index (χ4n) is 2.65. The van der Waals surface area contributed by atoms with Crippen LogP contribution in [0.25, 0.3) is 0 Å². The molecule has 1 aromatic carbocycles. The molecule has 0 atom stereocenters. The molecule has 0 saturated heterocycles. The van der Waals surface area contributed by atoms with E-state index in [-0.39, 0.29) is 18.2 Å². The lowest BCUT2D eigenvalue weighted by Gasteiger charge is -2.32. The van der Waals surface area contributed by atoms with Gasteiger partial charge in [-0.05, 0) is 37.1 Å². The molecular weight excluding hydrogens is 315 g/mol. The third kappa shape index (κ3) is 6.66. The van der Waals surface area contributed by atoms with Crippen molar-refractivity contribution in [2.75, 3.05) is 12.4 Å². The van der Waals surface area contributed by atoms with Gasteiger partial charge in [-0.15, -0.1) is 0 Å². The minimum Gasteiger partial charge on any atom is -0.493 e. The molecular formula is C15H22ClFO3S. The first-order chi connectivity index (χ1) is 9.80. The van der Waals surface area contributed by atoms with Crippen molar-refractivity contribution in [1.82, 2.24) is 0 Å². The Bertz CT molecular complexity index is 522. The van der Waals surface area contributed by atoms with Gasteiger partial charge in [0.15, 0.2) is 0 Å². The smallest absolute Gasteiger partial charge is 0.233 e. The van der Waals surface area contributed by atoms with E-state index in [0.29, 0.717) is 18.6 Å². The van der Waals surface area contributed by atoms with Crippen LogP contribution in [0.1, 0.15) is 39.5 Å². The second kappa shape index (κ2) is 7.99. The largest absolute Gasteiger partial charge is 0.493 e. The van der Waals surface area contributed by atoms with Gasteiger partial charge in [0.1, 0.15) is 11.6 Å². The highest BCUT2D eigenvalue weighted by Gasteiger charge is 2.34. The number of hydrogen-bond donors (Lipinski definition) is 0. The summed E-state index contributed by atoms with van der Waals surface area (Å²) in [6.45, 7) is 4.26. The third-order valence-electron chi connectivity index (χ3n) is 3.40. The standard InChI is InChI=1S/C15H22ClFO3S/c1-3-9-15(10-4-2,12-21(16,18)19)11-20-14-7-5-13(17)6-8-14/h5-8H,3-4,9-12H2,1-2H3. The van der Waals surface area contributed by atoms with Crippen molar-refractivity contribution in [1.29, 1.82) is 0 Å². The molecule has 6 heteroatoms. The van der Waals surface area contributed by atoms with Crippen molar-refractivity contribution in [2.45, 2.75) is 39.5 Å². The summed E-state index contributed by atoms with van der Waals surface area (Å²) in [5.74, 6) is 0.0868. The molecule has 0 radical (unpaired) electrons. The zero-order chi connectivity index (χ0) is 15.9. The van der Waals surface area contributed by atoms with Gasteiger partial charge in [0, 0.05) is 16.1 Å². The lowest BCUT2D eigenvalue weighted by Crippen LogP contribution is -2.35. The molecule has 21 heavy (non-hydrogen) atoms. The Morgan fingerprint density at radius 1 is 1.14 bits per heavy atom. The monoisotopic (exact) mass is 336 g/mol. The molecule has 0 heterocycles. The summed E-state index contributed by atoms with van der Waals surface area (Å²) in [6, 6.07) is 5.70. The number of ether oxygens (including phenoxy) is 1. The topological polar surface area (TPSA) is 43.4 Å². The summed E-state index contributed by atoms with van der Waals surface area (Å²) in [4.78, 5) is 0. The van der Waals surface area contributed by atoms with E-state index in [0.717, 1.165) is 12.8 Å². The number of hydrogen-bond acceptors (Lipinski definition) is 3. The third-order valence-corrected chi connectivity index (χ3v) is 4.68. The fraction of sp³-hybridized carbons (Fsp3) is 0.600. The highest BCUT2D eigenvalue weighted by Crippen LogP contribution is 2.33. The maximum absolute atomic E-state index is 12.9. The predicted molar refractivity (Wildman–Crippen MR) is 83.8 cm³/mol. The number of benzene rings is 1. The molecule has 1 aromatic rings. The van der Waals surface area contributed by atoms with Crippen LogP contribution in [0.5, 0.6) is 5.75 Å². The Labute approximate surface area is 130 Å². The van der Waals surface area contributed by atoms with Crippen molar-refractivity contribution in [2.24, 2.45) is 5.41 Å². The molecule has 3 nitrogen and oxygen atoms in total. The van der Waals surface area contributed by atoms with E-state index in [1.54, 1.807) is 0 Å². The maximum Gasteiger partial charge on any atom is 0.233 e. The van der Waals surface area contributed by atoms with Crippen LogP contribution in [-0.2, 0) is 9.05 Å². The van der Waals surface area contributed by atoms with Crippen molar-refractivity contribution in [3.8, 4) is 5.75 Å². The number of halogens is 2. The van der Waals surface area contributed by atoms with E-state index >= 15 is 0 Å². The molecule has 120 valence electrons. The van der Waals surface area contributed by atoms with E-state index in [4.69, 9.17) is 15.4 Å². The van der Waals surface area contributed by atoms with Crippen LogP contribution in [0, 0.1) is 11.2 Å². The van der Waals surface area contributed by atoms with Crippen LogP contribution in [0.4, 0.5) is 4.39 Å². The van der Waals surface area contributed by atoms with Crippen LogP contribution in [0.2, 0.25) is 0 Å². The minimum absolute atomic E-state index is 0.107. The highest BCUT2D eigenvalue weighted by molar-refractivity contribution is 8.13. The normalized spacial score (nSPS) is 12.4. The minimum atomic E-state index is -3.61. The van der Waals surface area contributed by atoms with E-state index in [1.807, 2.05) is 13.8 Å². The van der Waals surface area contributed by atoms with Gasteiger partial charge in [0.25, 0.3) is 0 Å². The van der Waals surface area contributed by atoms with E-state index in [2.05, 4.69) is 0 Å². The summed E-state index contributed by atoms with van der Waals surface area (Å²) < 4.78 is 41.6. The molecule has 0 N–H and O–H groups in total. The number of rotatable bonds is 9. The molecule has 0 aromatic heterocycles. The molecule has 0 unspecified atom stereocenters. The average Bonchev–Trinajstić information content (AvgIpc) is 2.37. The van der Waals surface area contributed by atoms with Crippen LogP contribution < -0.4 is 4.74 Å². The molecule has 0 aliphatic carbocycles. The molecule has 1 rings (SSSR count). The zero-order valence-corrected chi connectivity index (χ0v) is 14.0. The van der Waals surface area contributed by atoms with E-state index in [9.17, 15) is 12.8 Å². The van der Waals surface area contributed by atoms with Crippen molar-refractivity contribution in [3.63, 3.8) is 0 Å². The highest BCUT2D eigenvalue weighted by atomic mass is 35.7. The Kier molecular flexibility index (Phi) is 6.94. The van der Waals surface area contributed by atoms with Crippen LogP contribution in [0.3, 0.4) is 0 Å². The summed E-state index contributed by atoms with van der Waals surface area (Å²) in [7, 11) is 1.85. The van der Waals surface area contributed by atoms with Crippen LogP contribution in [0.15, 0.2) is 24.3 Å². The predicted octanol–water partition coefficient (Wildman–Crippen LogP) is 4.36. The zero-order valence-electron chi connectivity index (χ0n) is 12.4. The summed E-state index contributed by atoms with van der Waals surface area (Å²) in [5.41, 5.74) is -0.502. The lowest BCUT2D eigenvalue weighted by molar-refractivity contribution is 0.141. The lowest BCUT2D eigenvalue weighted by atomic mass is 9.82. The van der Waals surface area contributed by atoms with Gasteiger partial charge in [-0.25, -0.2) is 12.8 Å². The Balaban J connectivity index is 2.86. The van der Waals surface area contributed by atoms with Gasteiger partial charge in [-0.2, -0.15) is 0 Å². The SMILES string of the molecule is CCCC(CCC)(COc1ccc(F)cc1)CS(=O)(=O)Cl. The average molecular weight is 337 g/mol. The first-order valence-electron chi connectivity index (χ1n) is 7.11. The van der Waals surface area contributed by atoms with Crippen molar-refractivity contribution in [3.05, 3.63) is 30.1 Å². The molecule has 0 aliphatic heterocycles. The van der Waals surface area contributed by atoms with Crippen molar-refractivity contribution < 1.29 is 17.5 Å². The van der Waals surface area contributed by atoms with E-state index in [1.165, 1.54) is 24.3 Å². The van der Waals surface area contributed by atoms with Gasteiger partial charge in [0.2, 0.25) is 9.05 Å². The summed E-state index contributed by atoms with van der Waals surface area (Å²) in [5, 5.41) is 0. The van der Waals surface area contributed by atoms with E-state index < -0.39 is 14.5 Å². The van der Waals surface area contributed by atoms with Crippen LogP contribution >= 0.6 is 10.7 Å². The fourth-order valence-corrected chi connectivity index (χ4v) is 4.45. The summed E-state index contributed by atoms with van der Waals surface area (Å²) in [6.07, 6.45) is 3.13. The second-order valence-corrected chi connectivity index (χ2v) is 8.20.